The molecule has 0 atom stereocenters. The summed E-state index contributed by atoms with van der Waals surface area (Å²) in [5.41, 5.74) is 1.94. The van der Waals surface area contributed by atoms with Gasteiger partial charge in [0.15, 0.2) is 0 Å². The van der Waals surface area contributed by atoms with Gasteiger partial charge in [0, 0.05) is 25.0 Å². The van der Waals surface area contributed by atoms with Crippen LogP contribution in [-0.4, -0.2) is 15.7 Å². The van der Waals surface area contributed by atoms with Crippen LogP contribution < -0.4 is 5.32 Å². The molecule has 110 valence electrons. The van der Waals surface area contributed by atoms with Crippen LogP contribution in [0.3, 0.4) is 0 Å². The Bertz CT molecular complexity index is 759. The van der Waals surface area contributed by atoms with E-state index in [1.807, 2.05) is 36.5 Å². The molecule has 0 aliphatic rings. The van der Waals surface area contributed by atoms with Crippen LogP contribution >= 0.6 is 0 Å². The first-order chi connectivity index (χ1) is 10.8. The van der Waals surface area contributed by atoms with Crippen LogP contribution in [0.1, 0.15) is 11.3 Å². The third-order valence-corrected chi connectivity index (χ3v) is 3.14. The summed E-state index contributed by atoms with van der Waals surface area (Å²) in [6, 6.07) is 13.2. The van der Waals surface area contributed by atoms with Crippen molar-refractivity contribution in [3.05, 3.63) is 78.5 Å². The summed E-state index contributed by atoms with van der Waals surface area (Å²) in [5.74, 6) is 0.471. The molecule has 0 radical (unpaired) electrons. The number of benzene rings is 1. The lowest BCUT2D eigenvalue weighted by Crippen LogP contribution is -2.21. The highest BCUT2D eigenvalue weighted by atomic mass is 16.3. The predicted octanol–water partition coefficient (Wildman–Crippen LogP) is 2.79. The number of aromatic nitrogens is 2. The molecule has 3 aromatic rings. The van der Waals surface area contributed by atoms with Gasteiger partial charge in [-0.2, -0.15) is 5.10 Å². The zero-order valence-corrected chi connectivity index (χ0v) is 11.8. The number of carbonyl (C=O) groups is 1. The summed E-state index contributed by atoms with van der Waals surface area (Å²) < 4.78 is 6.91. The zero-order valence-electron chi connectivity index (χ0n) is 11.8. The summed E-state index contributed by atoms with van der Waals surface area (Å²) in [6.07, 6.45) is 8.25. The molecular weight excluding hydrogens is 278 g/mol. The molecule has 0 bridgehead atoms. The van der Waals surface area contributed by atoms with E-state index in [4.69, 9.17) is 4.42 Å². The Morgan fingerprint density at radius 3 is 2.91 bits per heavy atom. The van der Waals surface area contributed by atoms with E-state index >= 15 is 0 Å². The molecule has 0 fully saturated rings. The highest BCUT2D eigenvalue weighted by molar-refractivity contribution is 5.91. The minimum atomic E-state index is -0.174. The average molecular weight is 293 g/mol. The molecule has 22 heavy (non-hydrogen) atoms. The second kappa shape index (κ2) is 6.58. The van der Waals surface area contributed by atoms with Gasteiger partial charge in [0.2, 0.25) is 5.91 Å². The highest BCUT2D eigenvalue weighted by Crippen LogP contribution is 2.13. The molecule has 5 nitrogen and oxygen atoms in total. The molecule has 0 aliphatic carbocycles. The molecule has 0 spiro atoms. The maximum absolute atomic E-state index is 11.8. The van der Waals surface area contributed by atoms with Crippen LogP contribution in [0.15, 0.2) is 71.6 Å². The van der Waals surface area contributed by atoms with Crippen molar-refractivity contribution in [3.8, 4) is 5.69 Å². The molecule has 5 heteroatoms. The van der Waals surface area contributed by atoms with E-state index in [9.17, 15) is 4.79 Å². The van der Waals surface area contributed by atoms with Gasteiger partial charge in [-0.3, -0.25) is 4.79 Å². The van der Waals surface area contributed by atoms with E-state index in [1.165, 1.54) is 6.08 Å². The molecule has 0 aliphatic heterocycles. The average Bonchev–Trinajstić information content (AvgIpc) is 3.24. The molecule has 0 unspecified atom stereocenters. The van der Waals surface area contributed by atoms with Crippen molar-refractivity contribution in [3.63, 3.8) is 0 Å². The van der Waals surface area contributed by atoms with Crippen LogP contribution in [0.25, 0.3) is 11.8 Å². The Balaban J connectivity index is 1.66. The number of amides is 1. The van der Waals surface area contributed by atoms with Crippen molar-refractivity contribution < 1.29 is 9.21 Å². The zero-order chi connectivity index (χ0) is 15.2. The summed E-state index contributed by atoms with van der Waals surface area (Å²) in [6.45, 7) is 0.428. The van der Waals surface area contributed by atoms with Crippen molar-refractivity contribution >= 4 is 12.0 Å². The van der Waals surface area contributed by atoms with Gasteiger partial charge in [-0.05, 0) is 35.9 Å². The molecule has 2 aromatic heterocycles. The van der Waals surface area contributed by atoms with Gasteiger partial charge in [-0.1, -0.05) is 18.2 Å². The maximum Gasteiger partial charge on any atom is 0.244 e. The van der Waals surface area contributed by atoms with Crippen molar-refractivity contribution in [1.82, 2.24) is 15.1 Å². The minimum Gasteiger partial charge on any atom is -0.465 e. The van der Waals surface area contributed by atoms with Gasteiger partial charge in [-0.15, -0.1) is 0 Å². The number of carbonyl (C=O) groups excluding carboxylic acids is 1. The maximum atomic E-state index is 11.8. The molecule has 2 heterocycles. The van der Waals surface area contributed by atoms with Crippen LogP contribution in [-0.2, 0) is 11.3 Å². The Kier molecular flexibility index (Phi) is 4.15. The van der Waals surface area contributed by atoms with Crippen molar-refractivity contribution in [1.29, 1.82) is 0 Å². The Hall–Kier alpha value is -3.08. The number of rotatable bonds is 5. The standard InChI is InChI=1S/C17H15N3O2/c21-17(9-8-15-6-3-12-22-15)18-13-14-5-1-2-7-16(14)20-11-4-10-19-20/h1-12H,13H2,(H,18,21). The summed E-state index contributed by atoms with van der Waals surface area (Å²) in [7, 11) is 0. The molecule has 1 aromatic carbocycles. The fourth-order valence-electron chi connectivity index (χ4n) is 2.08. The van der Waals surface area contributed by atoms with E-state index in [-0.39, 0.29) is 5.91 Å². The minimum absolute atomic E-state index is 0.174. The quantitative estimate of drug-likeness (QED) is 0.736. The van der Waals surface area contributed by atoms with Crippen LogP contribution in [0.5, 0.6) is 0 Å². The molecule has 0 saturated heterocycles. The third kappa shape index (κ3) is 3.32. The second-order valence-corrected chi connectivity index (χ2v) is 4.65. The first-order valence-electron chi connectivity index (χ1n) is 6.90. The number of hydrogen-bond acceptors (Lipinski definition) is 3. The largest absolute Gasteiger partial charge is 0.465 e. The molecule has 0 saturated carbocycles. The lowest BCUT2D eigenvalue weighted by atomic mass is 10.2. The summed E-state index contributed by atoms with van der Waals surface area (Å²) in [4.78, 5) is 11.8. The topological polar surface area (TPSA) is 60.1 Å². The highest BCUT2D eigenvalue weighted by Gasteiger charge is 2.05. The van der Waals surface area contributed by atoms with Crippen molar-refractivity contribution in [2.45, 2.75) is 6.54 Å². The number of hydrogen-bond donors (Lipinski definition) is 1. The first kappa shape index (κ1) is 13.9. The van der Waals surface area contributed by atoms with Gasteiger partial charge < -0.3 is 9.73 Å². The monoisotopic (exact) mass is 293 g/mol. The van der Waals surface area contributed by atoms with E-state index in [2.05, 4.69) is 10.4 Å². The van der Waals surface area contributed by atoms with E-state index < -0.39 is 0 Å². The van der Waals surface area contributed by atoms with Gasteiger partial charge in [0.25, 0.3) is 0 Å². The second-order valence-electron chi connectivity index (χ2n) is 4.65. The fourth-order valence-corrected chi connectivity index (χ4v) is 2.08. The van der Waals surface area contributed by atoms with Crippen LogP contribution in [0, 0.1) is 0 Å². The number of nitrogens with zero attached hydrogens (tertiary/aromatic N) is 2. The van der Waals surface area contributed by atoms with Gasteiger partial charge in [0.05, 0.1) is 12.0 Å². The molecular formula is C17H15N3O2. The smallest absolute Gasteiger partial charge is 0.244 e. The lowest BCUT2D eigenvalue weighted by Gasteiger charge is -2.09. The third-order valence-electron chi connectivity index (χ3n) is 3.14. The van der Waals surface area contributed by atoms with E-state index in [0.29, 0.717) is 12.3 Å². The number of nitrogens with one attached hydrogen (secondary N) is 1. The molecule has 3 rings (SSSR count). The van der Waals surface area contributed by atoms with E-state index in [0.717, 1.165) is 11.3 Å². The van der Waals surface area contributed by atoms with E-state index in [1.54, 1.807) is 35.4 Å². The first-order valence-corrected chi connectivity index (χ1v) is 6.90. The summed E-state index contributed by atoms with van der Waals surface area (Å²) in [5, 5.41) is 7.08. The number of furan rings is 1. The fraction of sp³-hybridized carbons (Fsp3) is 0.0588. The Morgan fingerprint density at radius 1 is 1.23 bits per heavy atom. The normalized spacial score (nSPS) is 10.9. The van der Waals surface area contributed by atoms with Crippen LogP contribution in [0.4, 0.5) is 0 Å². The van der Waals surface area contributed by atoms with Crippen molar-refractivity contribution in [2.75, 3.05) is 0 Å². The lowest BCUT2D eigenvalue weighted by molar-refractivity contribution is -0.116. The van der Waals surface area contributed by atoms with Gasteiger partial charge in [0.1, 0.15) is 5.76 Å². The Labute approximate surface area is 127 Å². The van der Waals surface area contributed by atoms with Gasteiger partial charge in [-0.25, -0.2) is 4.68 Å². The SMILES string of the molecule is O=C(C=Cc1ccco1)NCc1ccccc1-n1cccn1. The van der Waals surface area contributed by atoms with Gasteiger partial charge >= 0.3 is 0 Å². The van der Waals surface area contributed by atoms with Crippen LogP contribution in [0.2, 0.25) is 0 Å². The predicted molar refractivity (Wildman–Crippen MR) is 83.2 cm³/mol. The summed E-state index contributed by atoms with van der Waals surface area (Å²) >= 11 is 0. The Morgan fingerprint density at radius 2 is 2.14 bits per heavy atom. The van der Waals surface area contributed by atoms with Crippen molar-refractivity contribution in [2.24, 2.45) is 0 Å². The molecule has 1 N–H and O–H groups in total. The number of para-hydroxylation sites is 1. The molecule has 1 amide bonds.